The molecule has 4 heteroatoms. The molecule has 0 unspecified atom stereocenters. The summed E-state index contributed by atoms with van der Waals surface area (Å²) >= 11 is 0. The maximum absolute atomic E-state index is 5.64. The number of fused-ring (bicyclic) bond motifs is 1. The van der Waals surface area contributed by atoms with E-state index in [0.29, 0.717) is 25.0 Å². The largest absolute Gasteiger partial charge is 0.493 e. The van der Waals surface area contributed by atoms with Gasteiger partial charge in [0.15, 0.2) is 11.5 Å². The third-order valence-electron chi connectivity index (χ3n) is 3.05. The van der Waals surface area contributed by atoms with Crippen molar-refractivity contribution in [1.29, 1.82) is 0 Å². The Morgan fingerprint density at radius 3 is 2.80 bits per heavy atom. The van der Waals surface area contributed by atoms with E-state index < -0.39 is 0 Å². The number of ether oxygens (including phenoxy) is 3. The topological polar surface area (TPSA) is 39.7 Å². The molecule has 0 saturated heterocycles. The van der Waals surface area contributed by atoms with Crippen LogP contribution in [0.15, 0.2) is 17.7 Å². The van der Waals surface area contributed by atoms with Gasteiger partial charge in [0.05, 0.1) is 7.11 Å². The van der Waals surface area contributed by atoms with Gasteiger partial charge in [-0.25, -0.2) is 0 Å². The molecule has 1 aromatic carbocycles. The normalized spacial score (nSPS) is 14.6. The van der Waals surface area contributed by atoms with Crippen molar-refractivity contribution in [1.82, 2.24) is 5.32 Å². The summed E-state index contributed by atoms with van der Waals surface area (Å²) in [5.41, 5.74) is 2.33. The molecule has 0 amide bonds. The third kappa shape index (κ3) is 3.67. The van der Waals surface area contributed by atoms with Gasteiger partial charge in [-0.15, -0.1) is 0 Å². The molecule has 0 aliphatic carbocycles. The van der Waals surface area contributed by atoms with Gasteiger partial charge >= 0.3 is 0 Å². The van der Waals surface area contributed by atoms with Crippen molar-refractivity contribution in [2.75, 3.05) is 26.9 Å². The summed E-state index contributed by atoms with van der Waals surface area (Å²) in [6.45, 7) is 8.40. The number of nitrogens with one attached hydrogen (secondary N) is 1. The zero-order valence-electron chi connectivity index (χ0n) is 12.7. The molecule has 1 aromatic rings. The standard InChI is InChI=1S/C16H23NO3/c1-11(2)17-10-12(3)7-13-8-14(18-4)16-15(9-13)19-5-6-20-16/h7-9,11,17H,5-6,10H2,1-4H3. The van der Waals surface area contributed by atoms with Crippen LogP contribution in [0.2, 0.25) is 0 Å². The second-order valence-corrected chi connectivity index (χ2v) is 5.27. The molecule has 1 aliphatic heterocycles. The fourth-order valence-electron chi connectivity index (χ4n) is 2.08. The summed E-state index contributed by atoms with van der Waals surface area (Å²) in [4.78, 5) is 0. The molecule has 0 spiro atoms. The van der Waals surface area contributed by atoms with Gasteiger partial charge in [0.1, 0.15) is 13.2 Å². The average molecular weight is 277 g/mol. The van der Waals surface area contributed by atoms with Crippen LogP contribution >= 0.6 is 0 Å². The molecule has 0 fully saturated rings. The third-order valence-corrected chi connectivity index (χ3v) is 3.05. The van der Waals surface area contributed by atoms with Crippen molar-refractivity contribution >= 4 is 6.08 Å². The molecule has 1 N–H and O–H groups in total. The van der Waals surface area contributed by atoms with Crippen molar-refractivity contribution in [3.63, 3.8) is 0 Å². The summed E-state index contributed by atoms with van der Waals surface area (Å²) in [6.07, 6.45) is 2.14. The van der Waals surface area contributed by atoms with Gasteiger partial charge in [-0.2, -0.15) is 0 Å². The lowest BCUT2D eigenvalue weighted by molar-refractivity contribution is 0.165. The Bertz CT molecular complexity index is 477. The van der Waals surface area contributed by atoms with E-state index >= 15 is 0 Å². The molecule has 4 nitrogen and oxygen atoms in total. The number of hydrogen-bond acceptors (Lipinski definition) is 4. The quantitative estimate of drug-likeness (QED) is 0.898. The highest BCUT2D eigenvalue weighted by atomic mass is 16.6. The molecule has 2 rings (SSSR count). The van der Waals surface area contributed by atoms with Crippen LogP contribution in [-0.2, 0) is 0 Å². The Morgan fingerprint density at radius 2 is 2.10 bits per heavy atom. The van der Waals surface area contributed by atoms with Crippen LogP contribution in [-0.4, -0.2) is 32.9 Å². The molecule has 1 aliphatic rings. The van der Waals surface area contributed by atoms with Gasteiger partial charge in [0.25, 0.3) is 0 Å². The fourth-order valence-corrected chi connectivity index (χ4v) is 2.08. The molecule has 0 radical (unpaired) electrons. The van der Waals surface area contributed by atoms with Gasteiger partial charge in [-0.05, 0) is 24.6 Å². The van der Waals surface area contributed by atoms with Gasteiger partial charge < -0.3 is 19.5 Å². The monoisotopic (exact) mass is 277 g/mol. The van der Waals surface area contributed by atoms with Gasteiger partial charge in [0.2, 0.25) is 5.75 Å². The van der Waals surface area contributed by atoms with E-state index in [1.54, 1.807) is 7.11 Å². The van der Waals surface area contributed by atoms with Crippen LogP contribution in [0.4, 0.5) is 0 Å². The summed E-state index contributed by atoms with van der Waals surface area (Å²) in [6, 6.07) is 4.45. The predicted octanol–water partition coefficient (Wildman–Crippen LogP) is 2.87. The first-order valence-electron chi connectivity index (χ1n) is 6.98. The number of benzene rings is 1. The van der Waals surface area contributed by atoms with Crippen molar-refractivity contribution in [3.05, 3.63) is 23.3 Å². The van der Waals surface area contributed by atoms with Gasteiger partial charge in [0, 0.05) is 12.6 Å². The fraction of sp³-hybridized carbons (Fsp3) is 0.500. The molecule has 0 saturated carbocycles. The summed E-state index contributed by atoms with van der Waals surface area (Å²) in [5, 5.41) is 3.40. The second-order valence-electron chi connectivity index (χ2n) is 5.27. The Balaban J connectivity index is 2.22. The highest BCUT2D eigenvalue weighted by molar-refractivity contribution is 5.63. The van der Waals surface area contributed by atoms with E-state index in [0.717, 1.165) is 23.6 Å². The molecule has 20 heavy (non-hydrogen) atoms. The van der Waals surface area contributed by atoms with E-state index in [1.807, 2.05) is 12.1 Å². The molecular weight excluding hydrogens is 254 g/mol. The van der Waals surface area contributed by atoms with Gasteiger partial charge in [-0.1, -0.05) is 25.5 Å². The van der Waals surface area contributed by atoms with Crippen LogP contribution in [0.25, 0.3) is 6.08 Å². The predicted molar refractivity (Wildman–Crippen MR) is 80.8 cm³/mol. The minimum atomic E-state index is 0.480. The van der Waals surface area contributed by atoms with E-state index in [1.165, 1.54) is 5.57 Å². The minimum absolute atomic E-state index is 0.480. The number of methoxy groups -OCH3 is 1. The van der Waals surface area contributed by atoms with Crippen molar-refractivity contribution in [3.8, 4) is 17.2 Å². The van der Waals surface area contributed by atoms with Crippen LogP contribution in [0.3, 0.4) is 0 Å². The lowest BCUT2D eigenvalue weighted by atomic mass is 10.1. The minimum Gasteiger partial charge on any atom is -0.493 e. The van der Waals surface area contributed by atoms with Crippen LogP contribution < -0.4 is 19.5 Å². The molecule has 0 aromatic heterocycles. The van der Waals surface area contributed by atoms with Crippen LogP contribution in [0.5, 0.6) is 17.2 Å². The first-order chi connectivity index (χ1) is 9.60. The molecule has 0 bridgehead atoms. The Labute approximate surface area is 120 Å². The summed E-state index contributed by atoms with van der Waals surface area (Å²) in [7, 11) is 1.65. The van der Waals surface area contributed by atoms with Crippen molar-refractivity contribution in [2.24, 2.45) is 0 Å². The van der Waals surface area contributed by atoms with Crippen molar-refractivity contribution in [2.45, 2.75) is 26.8 Å². The molecular formula is C16H23NO3. The van der Waals surface area contributed by atoms with E-state index in [-0.39, 0.29) is 0 Å². The Hall–Kier alpha value is -1.68. The smallest absolute Gasteiger partial charge is 0.203 e. The first kappa shape index (κ1) is 14.7. The first-order valence-corrected chi connectivity index (χ1v) is 6.98. The molecule has 1 heterocycles. The maximum atomic E-state index is 5.64. The SMILES string of the molecule is COc1cc(C=C(C)CNC(C)C)cc2c1OCCO2. The molecule has 110 valence electrons. The number of rotatable bonds is 5. The van der Waals surface area contributed by atoms with Crippen molar-refractivity contribution < 1.29 is 14.2 Å². The average Bonchev–Trinajstić information content (AvgIpc) is 2.44. The van der Waals surface area contributed by atoms with E-state index in [2.05, 4.69) is 32.2 Å². The Morgan fingerprint density at radius 1 is 1.35 bits per heavy atom. The zero-order chi connectivity index (χ0) is 14.5. The lowest BCUT2D eigenvalue weighted by Gasteiger charge is -2.21. The highest BCUT2D eigenvalue weighted by Crippen LogP contribution is 2.40. The van der Waals surface area contributed by atoms with Gasteiger partial charge in [-0.3, -0.25) is 0 Å². The lowest BCUT2D eigenvalue weighted by Crippen LogP contribution is -2.24. The van der Waals surface area contributed by atoms with E-state index in [9.17, 15) is 0 Å². The maximum Gasteiger partial charge on any atom is 0.203 e. The highest BCUT2D eigenvalue weighted by Gasteiger charge is 2.17. The van der Waals surface area contributed by atoms with Crippen LogP contribution in [0, 0.1) is 0 Å². The number of hydrogen-bond donors (Lipinski definition) is 1. The summed E-state index contributed by atoms with van der Waals surface area (Å²) in [5.74, 6) is 2.18. The zero-order valence-corrected chi connectivity index (χ0v) is 12.7. The summed E-state index contributed by atoms with van der Waals surface area (Å²) < 4.78 is 16.6. The Kier molecular flexibility index (Phi) is 4.90. The van der Waals surface area contributed by atoms with Crippen LogP contribution in [0.1, 0.15) is 26.3 Å². The molecule has 0 atom stereocenters. The second kappa shape index (κ2) is 6.66. The van der Waals surface area contributed by atoms with E-state index in [4.69, 9.17) is 14.2 Å².